The van der Waals surface area contributed by atoms with Gasteiger partial charge in [0, 0.05) is 0 Å². The summed E-state index contributed by atoms with van der Waals surface area (Å²) in [6, 6.07) is 0. The highest BCUT2D eigenvalue weighted by Gasteiger charge is 2.51. The van der Waals surface area contributed by atoms with Crippen LogP contribution in [0.2, 0.25) is 0 Å². The van der Waals surface area contributed by atoms with E-state index in [1.807, 2.05) is 0 Å². The molecule has 3 saturated heterocycles. The topological polar surface area (TPSA) is 229 Å². The molecule has 0 amide bonds. The molecule has 0 saturated carbocycles. The Bertz CT molecular complexity index is 1710. The van der Waals surface area contributed by atoms with Crippen LogP contribution in [-0.2, 0) is 36.7 Å². The largest absolute Gasteiger partial charge is 0.444 e. The number of rotatable bonds is 2. The molecule has 0 bridgehead atoms. The smallest absolute Gasteiger partial charge is 0.174 e. The van der Waals surface area contributed by atoms with Crippen LogP contribution >= 0.6 is 14.9 Å². The molecule has 7 rings (SSSR count). The lowest BCUT2D eigenvalue weighted by molar-refractivity contribution is -0.0548. The molecular formula is C20H20B2F2N10O8P2-2. The van der Waals surface area contributed by atoms with Gasteiger partial charge in [-0.15, -0.1) is 0 Å². The number of nitrogens with two attached hydrogens (primary N) is 2. The SMILES string of the molecule is [B-][P@]1(=O)OC[C@H]2O[C@@H](n3cnc4c(N)ncnc43)C(F)[C@H]2O[P@]([B-])(=O)OC[C@H]2O[C@@H](n3cnc4c(N)ncnc43)[C@@H](F)C2O1. The maximum absolute atomic E-state index is 15.9. The van der Waals surface area contributed by atoms with Gasteiger partial charge in [0.25, 0.3) is 0 Å². The van der Waals surface area contributed by atoms with Crippen LogP contribution < -0.4 is 11.5 Å². The van der Waals surface area contributed by atoms with Crippen molar-refractivity contribution < 1.29 is 45.5 Å². The fourth-order valence-corrected chi connectivity index (χ4v) is 7.24. The van der Waals surface area contributed by atoms with Gasteiger partial charge in [0.05, 0.1) is 40.8 Å². The molecule has 7 heterocycles. The third-order valence-electron chi connectivity index (χ3n) is 7.23. The number of ether oxygens (including phenoxy) is 2. The molecule has 3 aliphatic rings. The molecule has 6 radical (unpaired) electrons. The summed E-state index contributed by atoms with van der Waals surface area (Å²) in [5.74, 6) is 0.0724. The predicted molar refractivity (Wildman–Crippen MR) is 145 cm³/mol. The molecule has 24 heteroatoms. The molecule has 4 N–H and O–H groups in total. The minimum absolute atomic E-state index is 0.0362. The Morgan fingerprint density at radius 3 is 1.55 bits per heavy atom. The molecule has 3 fully saturated rings. The van der Waals surface area contributed by atoms with Crippen LogP contribution in [0.5, 0.6) is 0 Å². The van der Waals surface area contributed by atoms with Gasteiger partial charge in [0.2, 0.25) is 0 Å². The molecule has 0 aromatic carbocycles. The van der Waals surface area contributed by atoms with Crippen LogP contribution in [0.15, 0.2) is 25.3 Å². The number of hydrogen-bond donors (Lipinski definition) is 2. The standard InChI is InChI=1S/C20H20B2F2N10O8P2/c21-43(35)37-1-7-13(9(23)19(39-7)33-5-31-11-15(25)27-3-29-17(11)33)41-44(22,36)38-2-8-14(42-43)10(24)20(40-8)34-6-32-12-16(26)28-4-30-18(12)34/h3-10,13-14,19-20H,1-2H2,(H2,25,27,29)(H2,26,28,30)/q-2/t7-,8-,9+,10?,13?,14+,19-,20-,43-,44+/m1/s1. The summed E-state index contributed by atoms with van der Waals surface area (Å²) in [5.41, 5.74) is 12.2. The van der Waals surface area contributed by atoms with E-state index in [4.69, 9.17) is 54.2 Å². The molecule has 18 nitrogen and oxygen atoms in total. The Morgan fingerprint density at radius 1 is 0.727 bits per heavy atom. The van der Waals surface area contributed by atoms with E-state index in [-0.39, 0.29) is 34.0 Å². The summed E-state index contributed by atoms with van der Waals surface area (Å²) >= 11 is 0. The summed E-state index contributed by atoms with van der Waals surface area (Å²) < 4.78 is 93.7. The fraction of sp³-hybridized carbons (Fsp3) is 0.500. The number of halogens is 2. The third-order valence-corrected chi connectivity index (χ3v) is 9.32. The average Bonchev–Trinajstić information content (AvgIpc) is 3.73. The first-order chi connectivity index (χ1) is 20.9. The van der Waals surface area contributed by atoms with Crippen molar-refractivity contribution >= 4 is 64.0 Å². The number of fused-ring (bicyclic) bond motifs is 4. The molecule has 4 aromatic rings. The van der Waals surface area contributed by atoms with Crippen molar-refractivity contribution in [3.05, 3.63) is 25.3 Å². The maximum Gasteiger partial charge on any atom is 0.174 e. The fourth-order valence-electron chi connectivity index (χ4n) is 5.22. The Hall–Kier alpha value is -3.09. The number of aromatic nitrogens is 8. The lowest BCUT2D eigenvalue weighted by Gasteiger charge is -2.37. The van der Waals surface area contributed by atoms with E-state index >= 15 is 8.78 Å². The zero-order chi connectivity index (χ0) is 31.0. The van der Waals surface area contributed by atoms with E-state index in [1.54, 1.807) is 0 Å². The van der Waals surface area contributed by atoms with Crippen molar-refractivity contribution in [1.29, 1.82) is 0 Å². The first-order valence-electron chi connectivity index (χ1n) is 12.8. The second-order valence-corrected chi connectivity index (χ2v) is 13.1. The number of hydrogen-bond acceptors (Lipinski definition) is 16. The minimum Gasteiger partial charge on any atom is -0.444 e. The van der Waals surface area contributed by atoms with Crippen LogP contribution in [0.4, 0.5) is 20.4 Å². The Balaban J connectivity index is 1.17. The van der Waals surface area contributed by atoms with Crippen molar-refractivity contribution in [2.24, 2.45) is 0 Å². The lowest BCUT2D eigenvalue weighted by atomic mass is 10.1. The predicted octanol–water partition coefficient (Wildman–Crippen LogP) is 0.672. The monoisotopic (exact) mass is 650 g/mol. The summed E-state index contributed by atoms with van der Waals surface area (Å²) in [6.45, 7) is -1.44. The number of nitrogens with zero attached hydrogens (tertiary/aromatic N) is 8. The van der Waals surface area contributed by atoms with Crippen molar-refractivity contribution in [1.82, 2.24) is 39.0 Å². The van der Waals surface area contributed by atoms with Crippen molar-refractivity contribution in [3.8, 4) is 0 Å². The van der Waals surface area contributed by atoms with Gasteiger partial charge in [-0.3, -0.25) is 9.13 Å². The van der Waals surface area contributed by atoms with Gasteiger partial charge in [0.15, 0.2) is 47.7 Å². The van der Waals surface area contributed by atoms with E-state index in [9.17, 15) is 9.13 Å². The number of nitrogen functional groups attached to an aromatic ring is 2. The molecule has 4 aromatic heterocycles. The van der Waals surface area contributed by atoms with Gasteiger partial charge in [-0.05, 0) is 0 Å². The Morgan fingerprint density at radius 2 is 1.14 bits per heavy atom. The molecule has 3 aliphatic heterocycles. The first-order valence-corrected chi connectivity index (χ1v) is 16.0. The van der Waals surface area contributed by atoms with Gasteiger partial charge in [0.1, 0.15) is 48.1 Å². The zero-order valence-electron chi connectivity index (χ0n) is 22.1. The second kappa shape index (κ2) is 10.8. The van der Waals surface area contributed by atoms with E-state index < -0.39 is 77.4 Å². The quantitative estimate of drug-likeness (QED) is 0.224. The van der Waals surface area contributed by atoms with Crippen molar-refractivity contribution in [2.45, 2.75) is 49.2 Å². The number of imidazole rings is 2. The lowest BCUT2D eigenvalue weighted by Crippen LogP contribution is -2.37. The Kier molecular flexibility index (Phi) is 7.25. The summed E-state index contributed by atoms with van der Waals surface area (Å²) in [6.07, 6.45) is -8.62. The summed E-state index contributed by atoms with van der Waals surface area (Å²) in [7, 11) is 2.45. The minimum atomic E-state index is -4.59. The summed E-state index contributed by atoms with van der Waals surface area (Å²) in [4.78, 5) is 23.9. The second-order valence-electron chi connectivity index (χ2n) is 10.00. The van der Waals surface area contributed by atoms with Gasteiger partial charge < -0.3 is 63.3 Å². The van der Waals surface area contributed by atoms with E-state index in [0.717, 1.165) is 12.7 Å². The van der Waals surface area contributed by atoms with E-state index in [0.29, 0.717) is 0 Å². The van der Waals surface area contributed by atoms with Gasteiger partial charge in [-0.1, -0.05) is 0 Å². The van der Waals surface area contributed by atoms with Gasteiger partial charge in [-0.2, -0.15) is 0 Å². The molecule has 0 aliphatic carbocycles. The average molecular weight is 650 g/mol. The van der Waals surface area contributed by atoms with Crippen molar-refractivity contribution in [3.63, 3.8) is 0 Å². The normalized spacial score (nSPS) is 38.3. The summed E-state index contributed by atoms with van der Waals surface area (Å²) in [5, 5.41) is 0. The van der Waals surface area contributed by atoms with E-state index in [1.165, 1.54) is 21.8 Å². The molecule has 0 spiro atoms. The highest BCUT2D eigenvalue weighted by molar-refractivity contribution is 7.79. The molecular weight excluding hydrogens is 630 g/mol. The van der Waals surface area contributed by atoms with Gasteiger partial charge in [-0.25, -0.2) is 38.7 Å². The Labute approximate surface area is 247 Å². The van der Waals surface area contributed by atoms with Gasteiger partial charge >= 0.3 is 0 Å². The van der Waals surface area contributed by atoms with Crippen LogP contribution in [0, 0.1) is 0 Å². The molecule has 2 unspecified atom stereocenters. The maximum atomic E-state index is 15.9. The first kappa shape index (κ1) is 29.6. The molecule has 230 valence electrons. The van der Waals surface area contributed by atoms with Crippen LogP contribution in [-0.4, -0.2) is 104 Å². The highest BCUT2D eigenvalue weighted by Crippen LogP contribution is 2.54. The zero-order valence-corrected chi connectivity index (χ0v) is 23.9. The number of anilines is 2. The van der Waals surface area contributed by atoms with Crippen LogP contribution in [0.3, 0.4) is 0 Å². The van der Waals surface area contributed by atoms with E-state index in [2.05, 4.69) is 29.9 Å². The number of alkyl halides is 2. The van der Waals surface area contributed by atoms with Crippen LogP contribution in [0.1, 0.15) is 12.5 Å². The highest BCUT2D eigenvalue weighted by atomic mass is 31.2. The van der Waals surface area contributed by atoms with Crippen LogP contribution in [0.25, 0.3) is 22.3 Å². The third kappa shape index (κ3) is 5.08. The molecule has 44 heavy (non-hydrogen) atoms. The van der Waals surface area contributed by atoms with Crippen molar-refractivity contribution in [2.75, 3.05) is 24.7 Å². The molecule has 10 atom stereocenters.